The van der Waals surface area contributed by atoms with Crippen molar-refractivity contribution in [3.05, 3.63) is 80.5 Å². The number of hydrogen-bond acceptors (Lipinski definition) is 3. The van der Waals surface area contributed by atoms with Crippen molar-refractivity contribution in [1.82, 2.24) is 0 Å². The van der Waals surface area contributed by atoms with Crippen molar-refractivity contribution in [2.75, 3.05) is 12.0 Å². The minimum atomic E-state index is -0.522. The lowest BCUT2D eigenvalue weighted by atomic mass is 10.0. The van der Waals surface area contributed by atoms with Gasteiger partial charge in [-0.2, -0.15) is 0 Å². The summed E-state index contributed by atoms with van der Waals surface area (Å²) >= 11 is 3.49. The van der Waals surface area contributed by atoms with E-state index in [1.165, 1.54) is 7.11 Å². The quantitative estimate of drug-likeness (QED) is 0.516. The monoisotopic (exact) mass is 425 g/mol. The van der Waals surface area contributed by atoms with E-state index in [-0.39, 0.29) is 11.5 Å². The molecule has 1 aliphatic heterocycles. The second-order valence-corrected chi connectivity index (χ2v) is 7.37. The summed E-state index contributed by atoms with van der Waals surface area (Å²) in [5.41, 5.74) is 4.84. The summed E-state index contributed by atoms with van der Waals surface area (Å²) < 4.78 is 5.80. The van der Waals surface area contributed by atoms with Gasteiger partial charge in [0.15, 0.2) is 0 Å². The molecule has 0 atom stereocenters. The van der Waals surface area contributed by atoms with E-state index in [2.05, 4.69) is 15.9 Å². The summed E-state index contributed by atoms with van der Waals surface area (Å²) in [6.45, 7) is 5.73. The van der Waals surface area contributed by atoms with Crippen LogP contribution in [-0.2, 0) is 14.3 Å². The predicted molar refractivity (Wildman–Crippen MR) is 110 cm³/mol. The number of esters is 1. The van der Waals surface area contributed by atoms with Crippen LogP contribution in [0.1, 0.15) is 23.6 Å². The number of halogens is 1. The molecular weight excluding hydrogens is 406 g/mol. The van der Waals surface area contributed by atoms with Crippen molar-refractivity contribution < 1.29 is 14.3 Å². The van der Waals surface area contributed by atoms with Crippen LogP contribution in [0.4, 0.5) is 5.69 Å². The smallest absolute Gasteiger partial charge is 0.340 e. The summed E-state index contributed by atoms with van der Waals surface area (Å²) in [4.78, 5) is 27.3. The number of aryl methyl sites for hydroxylation is 2. The van der Waals surface area contributed by atoms with E-state index in [1.807, 2.05) is 56.3 Å². The number of rotatable bonds is 3. The Labute approximate surface area is 167 Å². The third-order valence-electron chi connectivity index (χ3n) is 4.46. The van der Waals surface area contributed by atoms with Crippen LogP contribution in [0.2, 0.25) is 0 Å². The van der Waals surface area contributed by atoms with Gasteiger partial charge in [0.2, 0.25) is 0 Å². The molecule has 1 amide bonds. The highest BCUT2D eigenvalue weighted by atomic mass is 79.9. The Morgan fingerprint density at radius 1 is 1.07 bits per heavy atom. The van der Waals surface area contributed by atoms with Crippen LogP contribution in [0.25, 0.3) is 6.08 Å². The van der Waals surface area contributed by atoms with Crippen molar-refractivity contribution in [3.8, 4) is 0 Å². The SMILES string of the molecule is COC(=O)C1=C(C)N(c2cc(C)cc(C)c2)C(=O)/C1=C\c1ccccc1Br. The Hall–Kier alpha value is -2.66. The third-order valence-corrected chi connectivity index (χ3v) is 5.18. The van der Waals surface area contributed by atoms with E-state index in [0.717, 1.165) is 26.9 Å². The number of ether oxygens (including phenoxy) is 1. The fourth-order valence-corrected chi connectivity index (χ4v) is 3.72. The number of allylic oxidation sites excluding steroid dienone is 1. The van der Waals surface area contributed by atoms with Crippen molar-refractivity contribution in [3.63, 3.8) is 0 Å². The predicted octanol–water partition coefficient (Wildman–Crippen LogP) is 4.94. The van der Waals surface area contributed by atoms with Gasteiger partial charge in [0.25, 0.3) is 5.91 Å². The number of anilines is 1. The normalized spacial score (nSPS) is 15.7. The van der Waals surface area contributed by atoms with E-state index in [1.54, 1.807) is 17.9 Å². The number of carbonyl (C=O) groups excluding carboxylic acids is 2. The molecule has 0 spiro atoms. The molecule has 2 aromatic carbocycles. The molecule has 2 aromatic rings. The Kier molecular flexibility index (Phi) is 5.33. The highest BCUT2D eigenvalue weighted by Crippen LogP contribution is 2.36. The number of nitrogens with zero attached hydrogens (tertiary/aromatic N) is 1. The molecule has 0 unspecified atom stereocenters. The van der Waals surface area contributed by atoms with Gasteiger partial charge in [0.1, 0.15) is 0 Å². The molecule has 3 rings (SSSR count). The van der Waals surface area contributed by atoms with Crippen molar-refractivity contribution >= 4 is 39.6 Å². The van der Waals surface area contributed by atoms with Crippen LogP contribution in [0.5, 0.6) is 0 Å². The van der Waals surface area contributed by atoms with Gasteiger partial charge in [-0.1, -0.05) is 40.2 Å². The average Bonchev–Trinajstić information content (AvgIpc) is 2.85. The van der Waals surface area contributed by atoms with E-state index in [4.69, 9.17) is 4.74 Å². The molecule has 1 heterocycles. The molecule has 5 heteroatoms. The zero-order valence-electron chi connectivity index (χ0n) is 15.7. The maximum atomic E-state index is 13.3. The number of methoxy groups -OCH3 is 1. The summed E-state index contributed by atoms with van der Waals surface area (Å²) in [5, 5.41) is 0. The molecule has 0 saturated heterocycles. The van der Waals surface area contributed by atoms with Crippen LogP contribution in [0.15, 0.2) is 63.8 Å². The van der Waals surface area contributed by atoms with Gasteiger partial charge < -0.3 is 4.74 Å². The van der Waals surface area contributed by atoms with Gasteiger partial charge in [0.05, 0.1) is 18.3 Å². The van der Waals surface area contributed by atoms with Gasteiger partial charge >= 0.3 is 5.97 Å². The zero-order valence-corrected chi connectivity index (χ0v) is 17.3. The largest absolute Gasteiger partial charge is 0.465 e. The van der Waals surface area contributed by atoms with Crippen molar-refractivity contribution in [2.45, 2.75) is 20.8 Å². The highest BCUT2D eigenvalue weighted by molar-refractivity contribution is 9.10. The number of benzene rings is 2. The Bertz CT molecular complexity index is 984. The number of carbonyl (C=O) groups is 2. The highest BCUT2D eigenvalue weighted by Gasteiger charge is 2.38. The van der Waals surface area contributed by atoms with Gasteiger partial charge in [0, 0.05) is 15.9 Å². The van der Waals surface area contributed by atoms with Gasteiger partial charge in [-0.05, 0) is 61.7 Å². The molecule has 0 aromatic heterocycles. The molecule has 0 bridgehead atoms. The molecule has 1 aliphatic rings. The Morgan fingerprint density at radius 2 is 1.70 bits per heavy atom. The maximum Gasteiger partial charge on any atom is 0.340 e. The van der Waals surface area contributed by atoms with Gasteiger partial charge in [-0.15, -0.1) is 0 Å². The first-order valence-corrected chi connectivity index (χ1v) is 9.31. The fraction of sp³-hybridized carbons (Fsp3) is 0.182. The summed E-state index contributed by atoms with van der Waals surface area (Å²) in [6, 6.07) is 13.5. The van der Waals surface area contributed by atoms with E-state index in [9.17, 15) is 9.59 Å². The van der Waals surface area contributed by atoms with E-state index < -0.39 is 5.97 Å². The second kappa shape index (κ2) is 7.53. The average molecular weight is 426 g/mol. The van der Waals surface area contributed by atoms with Gasteiger partial charge in [-0.25, -0.2) is 4.79 Å². The van der Waals surface area contributed by atoms with Crippen LogP contribution >= 0.6 is 15.9 Å². The Morgan fingerprint density at radius 3 is 2.30 bits per heavy atom. The van der Waals surface area contributed by atoms with Gasteiger partial charge in [-0.3, -0.25) is 9.69 Å². The first-order valence-electron chi connectivity index (χ1n) is 8.52. The van der Waals surface area contributed by atoms with Crippen LogP contribution < -0.4 is 4.90 Å². The molecule has 138 valence electrons. The summed E-state index contributed by atoms with van der Waals surface area (Å²) in [7, 11) is 1.32. The number of hydrogen-bond donors (Lipinski definition) is 0. The minimum Gasteiger partial charge on any atom is -0.465 e. The molecule has 0 saturated carbocycles. The lowest BCUT2D eigenvalue weighted by Crippen LogP contribution is -2.24. The van der Waals surface area contributed by atoms with Crippen molar-refractivity contribution in [1.29, 1.82) is 0 Å². The van der Waals surface area contributed by atoms with Crippen LogP contribution in [-0.4, -0.2) is 19.0 Å². The first-order chi connectivity index (χ1) is 12.8. The summed E-state index contributed by atoms with van der Waals surface area (Å²) in [5.74, 6) is -0.764. The van der Waals surface area contributed by atoms with Crippen LogP contribution in [0.3, 0.4) is 0 Å². The molecule has 0 fully saturated rings. The molecule has 0 aliphatic carbocycles. The van der Waals surface area contributed by atoms with Crippen molar-refractivity contribution in [2.24, 2.45) is 0 Å². The van der Waals surface area contributed by atoms with Crippen LogP contribution in [0, 0.1) is 13.8 Å². The lowest BCUT2D eigenvalue weighted by Gasteiger charge is -2.19. The molecule has 4 nitrogen and oxygen atoms in total. The third kappa shape index (κ3) is 3.60. The second-order valence-electron chi connectivity index (χ2n) is 6.52. The van der Waals surface area contributed by atoms with E-state index >= 15 is 0 Å². The summed E-state index contributed by atoms with van der Waals surface area (Å²) in [6.07, 6.45) is 1.73. The maximum absolute atomic E-state index is 13.3. The zero-order chi connectivity index (χ0) is 19.7. The first kappa shape index (κ1) is 19.1. The molecule has 27 heavy (non-hydrogen) atoms. The lowest BCUT2D eigenvalue weighted by molar-refractivity contribution is -0.136. The molecule has 0 N–H and O–H groups in total. The topological polar surface area (TPSA) is 46.6 Å². The fourth-order valence-electron chi connectivity index (χ4n) is 3.32. The van der Waals surface area contributed by atoms with E-state index in [0.29, 0.717) is 11.3 Å². The minimum absolute atomic E-state index is 0.242. The molecular formula is C22H20BrNO3. The standard InChI is InChI=1S/C22H20BrNO3/c1-13-9-14(2)11-17(10-13)24-15(3)20(22(26)27-4)18(21(24)25)12-16-7-5-6-8-19(16)23/h5-12H,1-4H3/b18-12-. The number of amides is 1. The molecule has 0 radical (unpaired) electrons. The Balaban J connectivity index is 2.19.